The molecule has 1 aliphatic rings. The first-order valence-corrected chi connectivity index (χ1v) is 5.42. The summed E-state index contributed by atoms with van der Waals surface area (Å²) in [4.78, 5) is 12.3. The van der Waals surface area contributed by atoms with Gasteiger partial charge in [0, 0.05) is 10.8 Å². The number of nitrogens with one attached hydrogen (secondary N) is 1. The number of hydrogen-bond acceptors (Lipinski definition) is 3. The molecule has 1 saturated carbocycles. The molecular formula is C10H10N2OS. The van der Waals surface area contributed by atoms with Crippen molar-refractivity contribution >= 4 is 17.2 Å². The second kappa shape index (κ2) is 3.81. The smallest absolute Gasteiger partial charge is 0.224 e. The van der Waals surface area contributed by atoms with E-state index in [2.05, 4.69) is 11.4 Å². The highest BCUT2D eigenvalue weighted by Gasteiger charge is 2.31. The summed E-state index contributed by atoms with van der Waals surface area (Å²) in [5.41, 5.74) is 0. The summed E-state index contributed by atoms with van der Waals surface area (Å²) in [6.07, 6.45) is 1.93. The quantitative estimate of drug-likeness (QED) is 0.820. The molecule has 1 heterocycles. The molecule has 1 atom stereocenters. The summed E-state index contributed by atoms with van der Waals surface area (Å²) in [6, 6.07) is 5.38. The van der Waals surface area contributed by atoms with E-state index in [9.17, 15) is 4.79 Å². The third-order valence-electron chi connectivity index (χ3n) is 2.19. The number of thiophene rings is 1. The van der Waals surface area contributed by atoms with Crippen molar-refractivity contribution < 1.29 is 4.79 Å². The fourth-order valence-corrected chi connectivity index (χ4v) is 1.95. The fourth-order valence-electron chi connectivity index (χ4n) is 1.23. The second-order valence-electron chi connectivity index (χ2n) is 3.36. The van der Waals surface area contributed by atoms with Gasteiger partial charge in [-0.2, -0.15) is 5.26 Å². The Bertz CT molecular complexity index is 362. The molecule has 1 amide bonds. The van der Waals surface area contributed by atoms with E-state index in [1.807, 2.05) is 17.5 Å². The van der Waals surface area contributed by atoms with Crippen molar-refractivity contribution in [3.05, 3.63) is 22.4 Å². The summed E-state index contributed by atoms with van der Waals surface area (Å²) in [5.74, 6) is 0.177. The molecule has 3 nitrogen and oxygen atoms in total. The highest BCUT2D eigenvalue weighted by Crippen LogP contribution is 2.30. The van der Waals surface area contributed by atoms with Gasteiger partial charge in [-0.15, -0.1) is 11.3 Å². The molecule has 1 aromatic rings. The van der Waals surface area contributed by atoms with Gasteiger partial charge in [-0.1, -0.05) is 6.07 Å². The largest absolute Gasteiger partial charge is 0.336 e. The van der Waals surface area contributed by atoms with Crippen LogP contribution in [0.25, 0.3) is 0 Å². The minimum absolute atomic E-state index is 0.0185. The standard InChI is InChI=1S/C10H10N2OS/c11-6-8(9-2-1-5-14-9)12-10(13)7-3-4-7/h1-2,5,7-8H,3-4H2,(H,12,13). The summed E-state index contributed by atoms with van der Waals surface area (Å²) < 4.78 is 0. The summed E-state index contributed by atoms with van der Waals surface area (Å²) >= 11 is 1.49. The van der Waals surface area contributed by atoms with Gasteiger partial charge in [0.25, 0.3) is 0 Å². The van der Waals surface area contributed by atoms with Crippen LogP contribution in [-0.2, 0) is 4.79 Å². The molecule has 0 aromatic carbocycles. The van der Waals surface area contributed by atoms with Crippen molar-refractivity contribution in [2.24, 2.45) is 5.92 Å². The molecule has 0 spiro atoms. The average Bonchev–Trinajstić information content (AvgIpc) is 2.91. The van der Waals surface area contributed by atoms with Gasteiger partial charge in [0.15, 0.2) is 6.04 Å². The van der Waals surface area contributed by atoms with Gasteiger partial charge in [-0.05, 0) is 24.3 Å². The molecule has 1 aromatic heterocycles. The normalized spacial score (nSPS) is 17.1. The molecule has 1 unspecified atom stereocenters. The Morgan fingerprint density at radius 3 is 3.00 bits per heavy atom. The molecule has 0 bridgehead atoms. The number of rotatable bonds is 3. The Labute approximate surface area is 86.4 Å². The maximum absolute atomic E-state index is 11.4. The van der Waals surface area contributed by atoms with E-state index >= 15 is 0 Å². The number of nitriles is 1. The van der Waals surface area contributed by atoms with E-state index in [4.69, 9.17) is 5.26 Å². The predicted octanol–water partition coefficient (Wildman–Crippen LogP) is 1.84. The van der Waals surface area contributed by atoms with Crippen LogP contribution < -0.4 is 5.32 Å². The molecule has 1 fully saturated rings. The zero-order valence-electron chi connectivity index (χ0n) is 7.56. The molecule has 1 aliphatic carbocycles. The summed E-state index contributed by atoms with van der Waals surface area (Å²) in [6.45, 7) is 0. The molecule has 72 valence electrons. The van der Waals surface area contributed by atoms with Gasteiger partial charge in [0.2, 0.25) is 5.91 Å². The van der Waals surface area contributed by atoms with Crippen molar-refractivity contribution in [1.82, 2.24) is 5.32 Å². The topological polar surface area (TPSA) is 52.9 Å². The van der Waals surface area contributed by atoms with Crippen molar-refractivity contribution in [2.75, 3.05) is 0 Å². The third-order valence-corrected chi connectivity index (χ3v) is 3.13. The minimum atomic E-state index is -0.469. The van der Waals surface area contributed by atoms with Gasteiger partial charge >= 0.3 is 0 Å². The van der Waals surface area contributed by atoms with Crippen LogP contribution in [0.4, 0.5) is 0 Å². The maximum atomic E-state index is 11.4. The molecule has 4 heteroatoms. The van der Waals surface area contributed by atoms with E-state index in [1.54, 1.807) is 0 Å². The van der Waals surface area contributed by atoms with E-state index in [0.29, 0.717) is 0 Å². The van der Waals surface area contributed by atoms with Crippen LogP contribution in [0.15, 0.2) is 17.5 Å². The van der Waals surface area contributed by atoms with Crippen molar-refractivity contribution in [3.63, 3.8) is 0 Å². The third kappa shape index (κ3) is 1.94. The zero-order valence-corrected chi connectivity index (χ0v) is 8.38. The zero-order chi connectivity index (χ0) is 9.97. The Morgan fingerprint density at radius 1 is 1.71 bits per heavy atom. The summed E-state index contributed by atoms with van der Waals surface area (Å²) in [7, 11) is 0. The Kier molecular flexibility index (Phi) is 2.51. The monoisotopic (exact) mass is 206 g/mol. The van der Waals surface area contributed by atoms with Crippen LogP contribution in [0.2, 0.25) is 0 Å². The lowest BCUT2D eigenvalue weighted by molar-refractivity contribution is -0.122. The second-order valence-corrected chi connectivity index (χ2v) is 4.34. The van der Waals surface area contributed by atoms with E-state index in [-0.39, 0.29) is 11.8 Å². The predicted molar refractivity (Wildman–Crippen MR) is 53.5 cm³/mol. The highest BCUT2D eigenvalue weighted by atomic mass is 32.1. The Hall–Kier alpha value is -1.34. The number of carbonyl (C=O) groups is 1. The van der Waals surface area contributed by atoms with Gasteiger partial charge in [-0.3, -0.25) is 4.79 Å². The number of nitrogens with zero attached hydrogens (tertiary/aromatic N) is 1. The van der Waals surface area contributed by atoms with Crippen molar-refractivity contribution in [3.8, 4) is 6.07 Å². The SMILES string of the molecule is N#CC(NC(=O)C1CC1)c1cccs1. The molecule has 0 radical (unpaired) electrons. The molecule has 2 rings (SSSR count). The fraction of sp³-hybridized carbons (Fsp3) is 0.400. The van der Waals surface area contributed by atoms with E-state index in [0.717, 1.165) is 17.7 Å². The van der Waals surface area contributed by atoms with Crippen LogP contribution in [0.5, 0.6) is 0 Å². The lowest BCUT2D eigenvalue weighted by atomic mass is 10.2. The average molecular weight is 206 g/mol. The lowest BCUT2D eigenvalue weighted by Gasteiger charge is -2.08. The van der Waals surface area contributed by atoms with Gasteiger partial charge in [0.05, 0.1) is 6.07 Å². The Morgan fingerprint density at radius 2 is 2.50 bits per heavy atom. The number of hydrogen-bond donors (Lipinski definition) is 1. The molecule has 14 heavy (non-hydrogen) atoms. The van der Waals surface area contributed by atoms with Crippen molar-refractivity contribution in [1.29, 1.82) is 5.26 Å². The molecule has 1 N–H and O–H groups in total. The van der Waals surface area contributed by atoms with Crippen LogP contribution in [0, 0.1) is 17.2 Å². The summed E-state index contributed by atoms with van der Waals surface area (Å²) in [5, 5.41) is 13.5. The number of carbonyl (C=O) groups excluding carboxylic acids is 1. The molecular weight excluding hydrogens is 196 g/mol. The van der Waals surface area contributed by atoms with Gasteiger partial charge < -0.3 is 5.32 Å². The lowest BCUT2D eigenvalue weighted by Crippen LogP contribution is -2.28. The first-order chi connectivity index (χ1) is 6.81. The molecule has 0 saturated heterocycles. The Balaban J connectivity index is 2.00. The first-order valence-electron chi connectivity index (χ1n) is 4.54. The van der Waals surface area contributed by atoms with Crippen LogP contribution in [-0.4, -0.2) is 5.91 Å². The van der Waals surface area contributed by atoms with Crippen LogP contribution >= 0.6 is 11.3 Å². The van der Waals surface area contributed by atoms with E-state index in [1.165, 1.54) is 11.3 Å². The van der Waals surface area contributed by atoms with Gasteiger partial charge in [0.1, 0.15) is 0 Å². The van der Waals surface area contributed by atoms with Crippen LogP contribution in [0.3, 0.4) is 0 Å². The number of amides is 1. The van der Waals surface area contributed by atoms with Crippen molar-refractivity contribution in [2.45, 2.75) is 18.9 Å². The van der Waals surface area contributed by atoms with Gasteiger partial charge in [-0.25, -0.2) is 0 Å². The van der Waals surface area contributed by atoms with Crippen LogP contribution in [0.1, 0.15) is 23.8 Å². The first kappa shape index (κ1) is 9.22. The van der Waals surface area contributed by atoms with E-state index < -0.39 is 6.04 Å². The molecule has 0 aliphatic heterocycles. The maximum Gasteiger partial charge on any atom is 0.224 e. The minimum Gasteiger partial charge on any atom is -0.336 e. The highest BCUT2D eigenvalue weighted by molar-refractivity contribution is 7.10.